The molecule has 2 fully saturated rings. The maximum absolute atomic E-state index is 6.38. The molecule has 100 valence electrons. The van der Waals surface area contributed by atoms with E-state index in [-0.39, 0.29) is 0 Å². The Morgan fingerprint density at radius 1 is 0.941 bits per heavy atom. The summed E-state index contributed by atoms with van der Waals surface area (Å²) in [5, 5.41) is 0. The van der Waals surface area contributed by atoms with E-state index in [0.717, 1.165) is 0 Å². The van der Waals surface area contributed by atoms with Gasteiger partial charge >= 0.3 is 0 Å². The van der Waals surface area contributed by atoms with Gasteiger partial charge in [-0.15, -0.1) is 0 Å². The minimum atomic E-state index is 0.403. The highest BCUT2D eigenvalue weighted by molar-refractivity contribution is 4.91. The van der Waals surface area contributed by atoms with Crippen LogP contribution in [0.25, 0.3) is 0 Å². The lowest BCUT2D eigenvalue weighted by molar-refractivity contribution is 0.0245. The number of hydrogen-bond acceptors (Lipinski definition) is 3. The van der Waals surface area contributed by atoms with Gasteiger partial charge in [-0.25, -0.2) is 0 Å². The van der Waals surface area contributed by atoms with Crippen LogP contribution >= 0.6 is 0 Å². The van der Waals surface area contributed by atoms with E-state index in [1.165, 1.54) is 45.2 Å². The molecule has 4 atom stereocenters. The van der Waals surface area contributed by atoms with Crippen LogP contribution in [0.1, 0.15) is 46.0 Å². The molecule has 0 bridgehead atoms. The Labute approximate surface area is 106 Å². The summed E-state index contributed by atoms with van der Waals surface area (Å²) in [5.41, 5.74) is 6.38. The largest absolute Gasteiger partial charge is 0.326 e. The number of hydrogen-bond donors (Lipinski definition) is 1. The summed E-state index contributed by atoms with van der Waals surface area (Å²) in [7, 11) is 2.25. The lowest BCUT2D eigenvalue weighted by atomic mass is 9.98. The second-order valence-electron chi connectivity index (χ2n) is 6.19. The topological polar surface area (TPSA) is 32.5 Å². The predicted octanol–water partition coefficient (Wildman–Crippen LogP) is 1.67. The van der Waals surface area contributed by atoms with E-state index < -0.39 is 0 Å². The molecule has 0 amide bonds. The standard InChI is InChI=1S/C14H29N3/c1-11-9-17(10-12(2)16(11)3)14-8-6-4-5-7-13(14)15/h11-14H,4-10,15H2,1-3H3. The number of nitrogens with zero attached hydrogens (tertiary/aromatic N) is 2. The summed E-state index contributed by atoms with van der Waals surface area (Å²) in [6, 6.07) is 2.36. The van der Waals surface area contributed by atoms with Gasteiger partial charge in [0.2, 0.25) is 0 Å². The first-order valence-corrected chi connectivity index (χ1v) is 7.31. The SMILES string of the molecule is CC1CN(C2CCCCCC2N)CC(C)N1C. The molecule has 0 aromatic carbocycles. The van der Waals surface area contributed by atoms with Gasteiger partial charge in [0, 0.05) is 37.3 Å². The Morgan fingerprint density at radius 3 is 2.18 bits per heavy atom. The molecule has 2 N–H and O–H groups in total. The molecular weight excluding hydrogens is 210 g/mol. The quantitative estimate of drug-likeness (QED) is 0.707. The van der Waals surface area contributed by atoms with E-state index >= 15 is 0 Å². The second kappa shape index (κ2) is 5.68. The molecule has 0 aromatic heterocycles. The molecule has 2 aliphatic rings. The van der Waals surface area contributed by atoms with Gasteiger partial charge in [0.05, 0.1) is 0 Å². The van der Waals surface area contributed by atoms with Crippen molar-refractivity contribution in [3.63, 3.8) is 0 Å². The van der Waals surface area contributed by atoms with Crippen molar-refractivity contribution in [2.75, 3.05) is 20.1 Å². The highest BCUT2D eigenvalue weighted by Gasteiger charge is 2.33. The van der Waals surface area contributed by atoms with Crippen LogP contribution in [0, 0.1) is 0 Å². The van der Waals surface area contributed by atoms with Crippen molar-refractivity contribution in [2.45, 2.75) is 70.1 Å². The highest BCUT2D eigenvalue weighted by atomic mass is 15.3. The summed E-state index contributed by atoms with van der Waals surface area (Å²) < 4.78 is 0. The van der Waals surface area contributed by atoms with Gasteiger partial charge in [0.15, 0.2) is 0 Å². The van der Waals surface area contributed by atoms with Crippen LogP contribution < -0.4 is 5.73 Å². The van der Waals surface area contributed by atoms with Crippen LogP contribution in [0.5, 0.6) is 0 Å². The molecule has 3 heteroatoms. The molecule has 1 aliphatic heterocycles. The minimum absolute atomic E-state index is 0.403. The van der Waals surface area contributed by atoms with Crippen molar-refractivity contribution in [2.24, 2.45) is 5.73 Å². The van der Waals surface area contributed by atoms with Gasteiger partial charge in [0.25, 0.3) is 0 Å². The molecule has 3 nitrogen and oxygen atoms in total. The third-order valence-corrected chi connectivity index (χ3v) is 4.89. The maximum Gasteiger partial charge on any atom is 0.0248 e. The van der Waals surface area contributed by atoms with Crippen LogP contribution in [0.3, 0.4) is 0 Å². The smallest absolute Gasteiger partial charge is 0.0248 e. The number of rotatable bonds is 1. The molecule has 0 spiro atoms. The zero-order chi connectivity index (χ0) is 12.4. The van der Waals surface area contributed by atoms with Crippen molar-refractivity contribution in [1.29, 1.82) is 0 Å². The molecule has 0 radical (unpaired) electrons. The van der Waals surface area contributed by atoms with E-state index in [2.05, 4.69) is 30.7 Å². The Kier molecular flexibility index (Phi) is 4.45. The van der Waals surface area contributed by atoms with Crippen molar-refractivity contribution in [1.82, 2.24) is 9.80 Å². The van der Waals surface area contributed by atoms with Gasteiger partial charge < -0.3 is 5.73 Å². The van der Waals surface area contributed by atoms with Gasteiger partial charge in [-0.05, 0) is 33.7 Å². The Morgan fingerprint density at radius 2 is 1.53 bits per heavy atom. The zero-order valence-corrected chi connectivity index (χ0v) is 11.7. The summed E-state index contributed by atoms with van der Waals surface area (Å²) >= 11 is 0. The average Bonchev–Trinajstić information content (AvgIpc) is 2.50. The zero-order valence-electron chi connectivity index (χ0n) is 11.7. The van der Waals surface area contributed by atoms with Crippen LogP contribution in [-0.4, -0.2) is 54.1 Å². The van der Waals surface area contributed by atoms with E-state index in [1.807, 2.05) is 0 Å². The van der Waals surface area contributed by atoms with Crippen LogP contribution in [-0.2, 0) is 0 Å². The molecule has 0 aromatic rings. The first-order chi connectivity index (χ1) is 8.09. The molecule has 1 heterocycles. The van der Waals surface area contributed by atoms with Crippen molar-refractivity contribution >= 4 is 0 Å². The number of likely N-dealkylation sites (N-methyl/N-ethyl adjacent to an activating group) is 1. The lowest BCUT2D eigenvalue weighted by Gasteiger charge is -2.46. The summed E-state index contributed by atoms with van der Waals surface area (Å²) in [6.07, 6.45) is 6.61. The lowest BCUT2D eigenvalue weighted by Crippen LogP contribution is -2.60. The van der Waals surface area contributed by atoms with Crippen molar-refractivity contribution in [3.8, 4) is 0 Å². The molecule has 1 saturated carbocycles. The van der Waals surface area contributed by atoms with E-state index in [9.17, 15) is 0 Å². The van der Waals surface area contributed by atoms with Crippen molar-refractivity contribution in [3.05, 3.63) is 0 Å². The molecule has 1 aliphatic carbocycles. The summed E-state index contributed by atoms with van der Waals surface area (Å²) in [5.74, 6) is 0. The second-order valence-corrected chi connectivity index (χ2v) is 6.19. The molecule has 4 unspecified atom stereocenters. The Bertz CT molecular complexity index is 232. The predicted molar refractivity (Wildman–Crippen MR) is 73.1 cm³/mol. The fourth-order valence-electron chi connectivity index (χ4n) is 3.49. The average molecular weight is 239 g/mol. The summed E-state index contributed by atoms with van der Waals surface area (Å²) in [6.45, 7) is 7.06. The Balaban J connectivity index is 2.00. The van der Waals surface area contributed by atoms with Gasteiger partial charge in [-0.2, -0.15) is 0 Å². The summed E-state index contributed by atoms with van der Waals surface area (Å²) in [4.78, 5) is 5.17. The molecule has 2 rings (SSSR count). The number of piperazine rings is 1. The van der Waals surface area contributed by atoms with E-state index in [0.29, 0.717) is 24.2 Å². The molecular formula is C14H29N3. The van der Waals surface area contributed by atoms with Gasteiger partial charge in [0.1, 0.15) is 0 Å². The normalized spacial score (nSPS) is 42.4. The fourth-order valence-corrected chi connectivity index (χ4v) is 3.49. The first-order valence-electron chi connectivity index (χ1n) is 7.31. The van der Waals surface area contributed by atoms with Gasteiger partial charge in [-0.3, -0.25) is 9.80 Å². The number of nitrogens with two attached hydrogens (primary N) is 1. The van der Waals surface area contributed by atoms with Crippen LogP contribution in [0.2, 0.25) is 0 Å². The van der Waals surface area contributed by atoms with E-state index in [1.54, 1.807) is 0 Å². The van der Waals surface area contributed by atoms with Gasteiger partial charge in [-0.1, -0.05) is 19.3 Å². The van der Waals surface area contributed by atoms with Crippen molar-refractivity contribution < 1.29 is 0 Å². The first kappa shape index (κ1) is 13.3. The Hall–Kier alpha value is -0.120. The highest BCUT2D eigenvalue weighted by Crippen LogP contribution is 2.24. The third-order valence-electron chi connectivity index (χ3n) is 4.89. The van der Waals surface area contributed by atoms with E-state index in [4.69, 9.17) is 5.73 Å². The van der Waals surface area contributed by atoms with Crippen LogP contribution in [0.4, 0.5) is 0 Å². The molecule has 1 saturated heterocycles. The molecule has 17 heavy (non-hydrogen) atoms. The monoisotopic (exact) mass is 239 g/mol. The fraction of sp³-hybridized carbons (Fsp3) is 1.00. The third kappa shape index (κ3) is 3.01. The van der Waals surface area contributed by atoms with Crippen LogP contribution in [0.15, 0.2) is 0 Å². The maximum atomic E-state index is 6.38. The minimum Gasteiger partial charge on any atom is -0.326 e.